The van der Waals surface area contributed by atoms with E-state index in [0.29, 0.717) is 12.0 Å². The lowest BCUT2D eigenvalue weighted by molar-refractivity contribution is 0.238. The third-order valence-corrected chi connectivity index (χ3v) is 3.96. The van der Waals surface area contributed by atoms with E-state index in [1.54, 1.807) is 0 Å². The van der Waals surface area contributed by atoms with Gasteiger partial charge in [0, 0.05) is 18.8 Å². The highest BCUT2D eigenvalue weighted by atomic mass is 15.2. The minimum absolute atomic E-state index is 0.477. The maximum Gasteiger partial charge on any atom is 0.202 e. The monoisotopic (exact) mass is 259 g/mol. The molecule has 0 radical (unpaired) electrons. The van der Waals surface area contributed by atoms with E-state index in [4.69, 9.17) is 5.73 Å². The summed E-state index contributed by atoms with van der Waals surface area (Å²) in [7, 11) is 0. The summed E-state index contributed by atoms with van der Waals surface area (Å²) in [6.45, 7) is 7.53. The van der Waals surface area contributed by atoms with Gasteiger partial charge >= 0.3 is 0 Å². The van der Waals surface area contributed by atoms with Crippen LogP contribution in [0.3, 0.4) is 0 Å². The fraction of sp³-hybridized carbons (Fsp3) is 0.571. The van der Waals surface area contributed by atoms with Crippen LogP contribution in [0.25, 0.3) is 11.2 Å². The lowest BCUT2D eigenvalue weighted by Gasteiger charge is -2.24. The standard InChI is InChI=1S/C14H21N5/c1-10-7-12-13(16-8-10)19(14(15)17-12)9-11(2)18-5-3-4-6-18/h7-8,11H,3-6,9H2,1-2H3,(H2,15,17). The van der Waals surface area contributed by atoms with E-state index in [1.165, 1.54) is 25.9 Å². The van der Waals surface area contributed by atoms with E-state index >= 15 is 0 Å². The first kappa shape index (κ1) is 12.4. The Labute approximate surface area is 113 Å². The molecule has 1 unspecified atom stereocenters. The van der Waals surface area contributed by atoms with Gasteiger partial charge in [0.1, 0.15) is 5.52 Å². The summed E-state index contributed by atoms with van der Waals surface area (Å²) in [6.07, 6.45) is 4.49. The highest BCUT2D eigenvalue weighted by molar-refractivity contribution is 5.74. The number of anilines is 1. The van der Waals surface area contributed by atoms with Gasteiger partial charge in [-0.05, 0) is 51.4 Å². The van der Waals surface area contributed by atoms with Crippen molar-refractivity contribution in [2.24, 2.45) is 0 Å². The van der Waals surface area contributed by atoms with Crippen molar-refractivity contribution in [1.82, 2.24) is 19.4 Å². The second-order valence-corrected chi connectivity index (χ2v) is 5.53. The van der Waals surface area contributed by atoms with Gasteiger partial charge in [-0.3, -0.25) is 9.47 Å². The van der Waals surface area contributed by atoms with Gasteiger partial charge in [0.25, 0.3) is 0 Å². The van der Waals surface area contributed by atoms with Crippen LogP contribution >= 0.6 is 0 Å². The first-order valence-electron chi connectivity index (χ1n) is 6.97. The molecule has 5 heteroatoms. The Morgan fingerprint density at radius 1 is 1.37 bits per heavy atom. The van der Waals surface area contributed by atoms with Gasteiger partial charge in [0.2, 0.25) is 5.95 Å². The molecular weight excluding hydrogens is 238 g/mol. The Bertz CT molecular complexity index is 583. The first-order valence-corrected chi connectivity index (χ1v) is 6.97. The molecule has 1 aliphatic heterocycles. The number of aryl methyl sites for hydroxylation is 1. The van der Waals surface area contributed by atoms with Crippen LogP contribution in [-0.2, 0) is 6.54 Å². The topological polar surface area (TPSA) is 60.0 Å². The molecule has 3 heterocycles. The summed E-state index contributed by atoms with van der Waals surface area (Å²) >= 11 is 0. The molecule has 102 valence electrons. The number of aromatic nitrogens is 3. The number of imidazole rings is 1. The van der Waals surface area contributed by atoms with Crippen LogP contribution in [-0.4, -0.2) is 38.6 Å². The molecule has 2 N–H and O–H groups in total. The maximum atomic E-state index is 6.04. The zero-order chi connectivity index (χ0) is 13.4. The van der Waals surface area contributed by atoms with Crippen LogP contribution in [0.15, 0.2) is 12.3 Å². The lowest BCUT2D eigenvalue weighted by Crippen LogP contribution is -2.34. The van der Waals surface area contributed by atoms with Crippen LogP contribution in [0.2, 0.25) is 0 Å². The van der Waals surface area contributed by atoms with E-state index in [-0.39, 0.29) is 0 Å². The SMILES string of the molecule is Cc1cnc2c(c1)nc(N)n2CC(C)N1CCCC1. The number of nitrogen functional groups attached to an aromatic ring is 1. The molecular formula is C14H21N5. The quantitative estimate of drug-likeness (QED) is 0.913. The largest absolute Gasteiger partial charge is 0.369 e. The van der Waals surface area contributed by atoms with Crippen molar-refractivity contribution in [2.75, 3.05) is 18.8 Å². The van der Waals surface area contributed by atoms with Crippen molar-refractivity contribution < 1.29 is 0 Å². The fourth-order valence-corrected chi connectivity index (χ4v) is 2.87. The van der Waals surface area contributed by atoms with Crippen LogP contribution in [0.1, 0.15) is 25.3 Å². The van der Waals surface area contributed by atoms with Gasteiger partial charge in [-0.15, -0.1) is 0 Å². The third-order valence-electron chi connectivity index (χ3n) is 3.96. The number of hydrogen-bond donors (Lipinski definition) is 1. The molecule has 3 rings (SSSR count). The summed E-state index contributed by atoms with van der Waals surface area (Å²) in [4.78, 5) is 11.4. The van der Waals surface area contributed by atoms with E-state index < -0.39 is 0 Å². The zero-order valence-electron chi connectivity index (χ0n) is 11.6. The Hall–Kier alpha value is -1.62. The molecule has 19 heavy (non-hydrogen) atoms. The average molecular weight is 259 g/mol. The van der Waals surface area contributed by atoms with Gasteiger partial charge in [-0.1, -0.05) is 0 Å². The molecule has 1 aliphatic rings. The molecule has 5 nitrogen and oxygen atoms in total. The summed E-state index contributed by atoms with van der Waals surface area (Å²) in [6, 6.07) is 2.51. The van der Waals surface area contributed by atoms with Crippen LogP contribution < -0.4 is 5.73 Å². The number of nitrogens with two attached hydrogens (primary N) is 1. The van der Waals surface area contributed by atoms with E-state index in [0.717, 1.165) is 23.3 Å². The fourth-order valence-electron chi connectivity index (χ4n) is 2.87. The Kier molecular flexibility index (Phi) is 3.14. The molecule has 0 aromatic carbocycles. The van der Waals surface area contributed by atoms with Crippen molar-refractivity contribution >= 4 is 17.1 Å². The zero-order valence-corrected chi connectivity index (χ0v) is 11.6. The Morgan fingerprint density at radius 2 is 2.11 bits per heavy atom. The van der Waals surface area contributed by atoms with E-state index in [1.807, 2.05) is 23.8 Å². The molecule has 0 aliphatic carbocycles. The lowest BCUT2D eigenvalue weighted by atomic mass is 10.3. The molecule has 2 aromatic rings. The smallest absolute Gasteiger partial charge is 0.202 e. The minimum Gasteiger partial charge on any atom is -0.369 e. The number of likely N-dealkylation sites (tertiary alicyclic amines) is 1. The molecule has 0 saturated carbocycles. The van der Waals surface area contributed by atoms with Gasteiger partial charge in [-0.25, -0.2) is 9.97 Å². The number of nitrogens with zero attached hydrogens (tertiary/aromatic N) is 4. The summed E-state index contributed by atoms with van der Waals surface area (Å²) < 4.78 is 2.04. The molecule has 0 amide bonds. The Morgan fingerprint density at radius 3 is 2.84 bits per heavy atom. The Balaban J connectivity index is 1.89. The second kappa shape index (κ2) is 4.81. The molecule has 1 saturated heterocycles. The van der Waals surface area contributed by atoms with Crippen molar-refractivity contribution in [1.29, 1.82) is 0 Å². The van der Waals surface area contributed by atoms with Gasteiger partial charge in [0.15, 0.2) is 5.65 Å². The van der Waals surface area contributed by atoms with Gasteiger partial charge < -0.3 is 5.73 Å². The predicted molar refractivity (Wildman–Crippen MR) is 76.9 cm³/mol. The first-order chi connectivity index (χ1) is 9.15. The number of fused-ring (bicyclic) bond motifs is 1. The molecule has 0 bridgehead atoms. The highest BCUT2D eigenvalue weighted by Gasteiger charge is 2.20. The normalized spacial score (nSPS) is 18.2. The van der Waals surface area contributed by atoms with E-state index in [2.05, 4.69) is 21.8 Å². The molecule has 2 aromatic heterocycles. The highest BCUT2D eigenvalue weighted by Crippen LogP contribution is 2.19. The molecule has 0 spiro atoms. The van der Waals surface area contributed by atoms with Crippen molar-refractivity contribution in [3.05, 3.63) is 17.8 Å². The predicted octanol–water partition coefficient (Wildman–Crippen LogP) is 1.81. The maximum absolute atomic E-state index is 6.04. The van der Waals surface area contributed by atoms with E-state index in [9.17, 15) is 0 Å². The molecule has 1 atom stereocenters. The minimum atomic E-state index is 0.477. The van der Waals surface area contributed by atoms with Crippen molar-refractivity contribution in [3.63, 3.8) is 0 Å². The summed E-state index contributed by atoms with van der Waals surface area (Å²) in [5.41, 5.74) is 8.95. The number of rotatable bonds is 3. The van der Waals surface area contributed by atoms with Gasteiger partial charge in [0.05, 0.1) is 0 Å². The second-order valence-electron chi connectivity index (χ2n) is 5.53. The number of hydrogen-bond acceptors (Lipinski definition) is 4. The van der Waals surface area contributed by atoms with Crippen LogP contribution in [0.4, 0.5) is 5.95 Å². The summed E-state index contributed by atoms with van der Waals surface area (Å²) in [5.74, 6) is 0.569. The van der Waals surface area contributed by atoms with Crippen molar-refractivity contribution in [3.8, 4) is 0 Å². The molecule has 1 fully saturated rings. The summed E-state index contributed by atoms with van der Waals surface area (Å²) in [5, 5.41) is 0. The van der Waals surface area contributed by atoms with Crippen LogP contribution in [0.5, 0.6) is 0 Å². The van der Waals surface area contributed by atoms with Gasteiger partial charge in [-0.2, -0.15) is 0 Å². The average Bonchev–Trinajstić information content (AvgIpc) is 2.98. The van der Waals surface area contributed by atoms with Crippen molar-refractivity contribution in [2.45, 2.75) is 39.3 Å². The van der Waals surface area contributed by atoms with Crippen LogP contribution in [0, 0.1) is 6.92 Å². The third kappa shape index (κ3) is 2.30. The number of pyridine rings is 1.